The van der Waals surface area contributed by atoms with Crippen LogP contribution >= 0.6 is 0 Å². The van der Waals surface area contributed by atoms with Gasteiger partial charge in [0, 0.05) is 0 Å². The van der Waals surface area contributed by atoms with Gasteiger partial charge in [-0.3, -0.25) is 0 Å². The Labute approximate surface area is 141 Å². The molecule has 4 nitrogen and oxygen atoms in total. The molecule has 2 aromatic carbocycles. The third-order valence-electron chi connectivity index (χ3n) is 3.33. The van der Waals surface area contributed by atoms with E-state index in [-0.39, 0.29) is 6.07 Å². The third kappa shape index (κ3) is 4.13. The highest BCUT2D eigenvalue weighted by Crippen LogP contribution is 2.38. The molecule has 2 aromatic rings. The number of hydrogen-bond acceptors (Lipinski definition) is 4. The van der Waals surface area contributed by atoms with Gasteiger partial charge in [0.25, 0.3) is 0 Å². The molecule has 10 heteroatoms. The zero-order valence-corrected chi connectivity index (χ0v) is 12.4. The second kappa shape index (κ2) is 6.36. The van der Waals surface area contributed by atoms with Crippen LogP contribution in [0.1, 0.15) is 31.8 Å². The van der Waals surface area contributed by atoms with Gasteiger partial charge < -0.3 is 19.8 Å². The summed E-state index contributed by atoms with van der Waals surface area (Å²) in [4.78, 5) is 21.9. The van der Waals surface area contributed by atoms with E-state index in [1.54, 1.807) is 0 Å². The van der Waals surface area contributed by atoms with Gasteiger partial charge in [-0.25, -0.2) is 0 Å². The second-order valence-electron chi connectivity index (χ2n) is 5.17. The van der Waals surface area contributed by atoms with Crippen LogP contribution in [-0.2, 0) is 12.4 Å². The van der Waals surface area contributed by atoms with Crippen LogP contribution in [0.3, 0.4) is 0 Å². The quantitative estimate of drug-likeness (QED) is 0.769. The minimum Gasteiger partial charge on any atom is -0.545 e. The van der Waals surface area contributed by atoms with E-state index in [0.717, 1.165) is 0 Å². The minimum absolute atomic E-state index is 0.105. The zero-order valence-electron chi connectivity index (χ0n) is 12.4. The average Bonchev–Trinajstić information content (AvgIpc) is 2.52. The molecule has 0 spiro atoms. The van der Waals surface area contributed by atoms with Gasteiger partial charge >= 0.3 is 12.4 Å². The van der Waals surface area contributed by atoms with Crippen LogP contribution in [-0.4, -0.2) is 11.9 Å². The van der Waals surface area contributed by atoms with Crippen molar-refractivity contribution >= 4 is 11.9 Å². The van der Waals surface area contributed by atoms with Gasteiger partial charge in [-0.1, -0.05) is 0 Å². The van der Waals surface area contributed by atoms with Crippen molar-refractivity contribution in [1.29, 1.82) is 0 Å². The summed E-state index contributed by atoms with van der Waals surface area (Å²) < 4.78 is 77.3. The maximum absolute atomic E-state index is 12.9. The Hall–Kier alpha value is -3.04. The SMILES string of the molecule is O=C([O-])c1cc(C(=O)[O-])cc(-c2cc(C(F)(F)F)cc(C(F)(F)F)c2)c1. The lowest BCUT2D eigenvalue weighted by molar-refractivity contribution is -0.255. The van der Waals surface area contributed by atoms with Crippen molar-refractivity contribution in [2.75, 3.05) is 0 Å². The molecule has 0 N–H and O–H groups in total. The zero-order chi connectivity index (χ0) is 19.9. The first-order chi connectivity index (χ1) is 11.8. The maximum Gasteiger partial charge on any atom is 0.416 e. The second-order valence-corrected chi connectivity index (χ2v) is 5.17. The lowest BCUT2D eigenvalue weighted by Crippen LogP contribution is -2.25. The van der Waals surface area contributed by atoms with Gasteiger partial charge in [0.2, 0.25) is 0 Å². The summed E-state index contributed by atoms with van der Waals surface area (Å²) in [5.41, 5.74) is -5.90. The summed E-state index contributed by atoms with van der Waals surface area (Å²) in [6, 6.07) is 2.62. The van der Waals surface area contributed by atoms with Gasteiger partial charge in [0.05, 0.1) is 23.1 Å². The van der Waals surface area contributed by atoms with E-state index in [2.05, 4.69) is 0 Å². The first-order valence-corrected chi connectivity index (χ1v) is 6.66. The first-order valence-electron chi connectivity index (χ1n) is 6.66. The molecule has 0 saturated carbocycles. The lowest BCUT2D eigenvalue weighted by atomic mass is 9.96. The molecule has 0 aliphatic rings. The van der Waals surface area contributed by atoms with Crippen LogP contribution in [0.15, 0.2) is 36.4 Å². The van der Waals surface area contributed by atoms with E-state index in [9.17, 15) is 46.1 Å². The number of hydrogen-bond donors (Lipinski definition) is 0. The van der Waals surface area contributed by atoms with E-state index < -0.39 is 57.7 Å². The highest BCUT2D eigenvalue weighted by molar-refractivity contribution is 5.94. The van der Waals surface area contributed by atoms with E-state index in [4.69, 9.17) is 0 Å². The largest absolute Gasteiger partial charge is 0.545 e. The summed E-state index contributed by atoms with van der Waals surface area (Å²) in [6.07, 6.45) is -10.2. The maximum atomic E-state index is 12.9. The molecule has 0 aliphatic carbocycles. The number of carboxylic acids is 2. The van der Waals surface area contributed by atoms with Gasteiger partial charge in [-0.15, -0.1) is 0 Å². The molecule has 0 saturated heterocycles. The molecule has 0 heterocycles. The smallest absolute Gasteiger partial charge is 0.416 e. The summed E-state index contributed by atoms with van der Waals surface area (Å²) in [6.45, 7) is 0. The van der Waals surface area contributed by atoms with E-state index in [1.165, 1.54) is 0 Å². The standard InChI is InChI=1S/C16H8F6O4/c17-15(18,19)11-4-8(5-12(6-11)16(20,21)22)7-1-9(13(23)24)3-10(2-7)14(25)26/h1-6H,(H,23,24)(H,25,26)/p-2. The van der Waals surface area contributed by atoms with Crippen LogP contribution in [0.2, 0.25) is 0 Å². The number of carbonyl (C=O) groups excluding carboxylic acids is 2. The fourth-order valence-electron chi connectivity index (χ4n) is 2.15. The third-order valence-corrected chi connectivity index (χ3v) is 3.33. The molecule has 0 amide bonds. The molecule has 0 fully saturated rings. The molecule has 0 bridgehead atoms. The van der Waals surface area contributed by atoms with Crippen molar-refractivity contribution in [3.8, 4) is 11.1 Å². The van der Waals surface area contributed by atoms with Gasteiger partial charge in [-0.05, 0) is 58.7 Å². The van der Waals surface area contributed by atoms with Crippen LogP contribution < -0.4 is 10.2 Å². The van der Waals surface area contributed by atoms with Crippen molar-refractivity contribution in [1.82, 2.24) is 0 Å². The molecular weight excluding hydrogens is 370 g/mol. The summed E-state index contributed by atoms with van der Waals surface area (Å²) >= 11 is 0. The fraction of sp³-hybridized carbons (Fsp3) is 0.125. The Morgan fingerprint density at radius 2 is 0.962 bits per heavy atom. The van der Waals surface area contributed by atoms with E-state index >= 15 is 0 Å². The van der Waals surface area contributed by atoms with Crippen LogP contribution in [0.5, 0.6) is 0 Å². The number of rotatable bonds is 3. The van der Waals surface area contributed by atoms with Crippen molar-refractivity contribution in [2.45, 2.75) is 12.4 Å². The Morgan fingerprint density at radius 3 is 1.27 bits per heavy atom. The molecular formula is C16H6F6O4-2. The predicted octanol–water partition coefficient (Wildman–Crippen LogP) is 2.12. The molecule has 0 radical (unpaired) electrons. The van der Waals surface area contributed by atoms with Crippen molar-refractivity contribution in [3.63, 3.8) is 0 Å². The Balaban J connectivity index is 2.78. The van der Waals surface area contributed by atoms with Gasteiger partial charge in [0.1, 0.15) is 0 Å². The number of alkyl halides is 6. The van der Waals surface area contributed by atoms with Gasteiger partial charge in [-0.2, -0.15) is 26.3 Å². The molecule has 2 rings (SSSR count). The predicted molar refractivity (Wildman–Crippen MR) is 70.5 cm³/mol. The fourth-order valence-corrected chi connectivity index (χ4v) is 2.15. The average molecular weight is 376 g/mol. The number of carbonyl (C=O) groups is 2. The van der Waals surface area contributed by atoms with Crippen molar-refractivity contribution in [2.24, 2.45) is 0 Å². The van der Waals surface area contributed by atoms with Crippen LogP contribution in [0.4, 0.5) is 26.3 Å². The Kier molecular flexibility index (Phi) is 4.71. The molecule has 26 heavy (non-hydrogen) atoms. The lowest BCUT2D eigenvalue weighted by Gasteiger charge is -2.16. The molecule has 0 atom stereocenters. The number of carboxylic acid groups (broad SMARTS) is 2. The highest BCUT2D eigenvalue weighted by atomic mass is 19.4. The Morgan fingerprint density at radius 1 is 0.615 bits per heavy atom. The summed E-state index contributed by atoms with van der Waals surface area (Å²) in [5, 5.41) is 21.9. The first kappa shape index (κ1) is 19.3. The number of aromatic carboxylic acids is 2. The van der Waals surface area contributed by atoms with E-state index in [1.807, 2.05) is 0 Å². The highest BCUT2D eigenvalue weighted by Gasteiger charge is 2.37. The number of benzene rings is 2. The Bertz CT molecular complexity index is 819. The van der Waals surface area contributed by atoms with E-state index in [0.29, 0.717) is 30.3 Å². The monoisotopic (exact) mass is 376 g/mol. The molecule has 0 aliphatic heterocycles. The van der Waals surface area contributed by atoms with Gasteiger partial charge in [0.15, 0.2) is 0 Å². The molecule has 0 unspecified atom stereocenters. The summed E-state index contributed by atoms with van der Waals surface area (Å²) in [7, 11) is 0. The van der Waals surface area contributed by atoms with Crippen LogP contribution in [0, 0.1) is 0 Å². The minimum atomic E-state index is -5.11. The normalized spacial score (nSPS) is 12.1. The summed E-state index contributed by atoms with van der Waals surface area (Å²) in [5.74, 6) is -3.73. The van der Waals surface area contributed by atoms with Crippen molar-refractivity contribution < 1.29 is 46.1 Å². The topological polar surface area (TPSA) is 80.3 Å². The van der Waals surface area contributed by atoms with Crippen LogP contribution in [0.25, 0.3) is 11.1 Å². The molecule has 138 valence electrons. The molecule has 0 aromatic heterocycles. The number of halogens is 6. The van der Waals surface area contributed by atoms with Crippen molar-refractivity contribution in [3.05, 3.63) is 58.7 Å².